The molecule has 2 nitrogen and oxygen atoms in total. The van der Waals surface area contributed by atoms with Crippen molar-refractivity contribution in [2.45, 2.75) is 13.3 Å². The zero-order valence-electron chi connectivity index (χ0n) is 16.8. The Kier molecular flexibility index (Phi) is 6.69. The first kappa shape index (κ1) is 19.5. The molecule has 0 radical (unpaired) electrons. The average molecular weight is 370 g/mol. The Balaban J connectivity index is 2.04. The van der Waals surface area contributed by atoms with Crippen LogP contribution in [0.4, 0.5) is 0 Å². The molecule has 0 aromatic heterocycles. The van der Waals surface area contributed by atoms with Crippen molar-refractivity contribution in [1.82, 2.24) is 4.90 Å². The summed E-state index contributed by atoms with van der Waals surface area (Å²) in [7, 11) is 3.94. The van der Waals surface area contributed by atoms with E-state index in [-0.39, 0.29) is 0 Å². The van der Waals surface area contributed by atoms with Crippen molar-refractivity contribution in [2.75, 3.05) is 14.1 Å². The molecule has 142 valence electrons. The van der Waals surface area contributed by atoms with E-state index in [2.05, 4.69) is 79.7 Å². The van der Waals surface area contributed by atoms with Gasteiger partial charge in [0.2, 0.25) is 0 Å². The van der Waals surface area contributed by atoms with Gasteiger partial charge in [-0.25, -0.2) is 0 Å². The van der Waals surface area contributed by atoms with Crippen molar-refractivity contribution in [1.29, 1.82) is 0 Å². The second-order valence-electron chi connectivity index (χ2n) is 6.83. The molecule has 3 rings (SSSR count). The second kappa shape index (κ2) is 9.61. The first-order valence-corrected chi connectivity index (χ1v) is 9.63. The topological polar surface area (TPSA) is 12.5 Å². The van der Waals surface area contributed by atoms with Gasteiger partial charge in [-0.15, -0.1) is 0 Å². The predicted molar refractivity (Wildman–Crippen MR) is 119 cm³/mol. The molecule has 0 bridgehead atoms. The van der Waals surface area contributed by atoms with Crippen molar-refractivity contribution in [3.63, 3.8) is 0 Å². The Morgan fingerprint density at radius 2 is 1.29 bits per heavy atom. The lowest BCUT2D eigenvalue weighted by Gasteiger charge is -2.16. The average Bonchev–Trinajstić information content (AvgIpc) is 2.73. The lowest BCUT2D eigenvalue weighted by Crippen LogP contribution is -2.01. The van der Waals surface area contributed by atoms with Crippen LogP contribution >= 0.6 is 0 Å². The summed E-state index contributed by atoms with van der Waals surface area (Å²) in [6, 6.07) is 29.6. The van der Waals surface area contributed by atoms with E-state index in [1.54, 1.807) is 6.26 Å². The number of nitrogens with zero attached hydrogens (tertiary/aromatic N) is 1. The highest BCUT2D eigenvalue weighted by Crippen LogP contribution is 2.34. The summed E-state index contributed by atoms with van der Waals surface area (Å²) >= 11 is 0. The van der Waals surface area contributed by atoms with E-state index in [0.717, 1.165) is 12.2 Å². The van der Waals surface area contributed by atoms with E-state index in [4.69, 9.17) is 4.74 Å². The quantitative estimate of drug-likeness (QED) is 0.350. The second-order valence-corrected chi connectivity index (χ2v) is 6.83. The van der Waals surface area contributed by atoms with Crippen LogP contribution in [0.25, 0.3) is 11.1 Å². The third-order valence-corrected chi connectivity index (χ3v) is 4.55. The van der Waals surface area contributed by atoms with Crippen molar-refractivity contribution in [3.8, 4) is 5.75 Å². The summed E-state index contributed by atoms with van der Waals surface area (Å²) in [4.78, 5) is 1.94. The zero-order valence-corrected chi connectivity index (χ0v) is 16.8. The fraction of sp³-hybridized carbons (Fsp3) is 0.154. The smallest absolute Gasteiger partial charge is 0.126 e. The number of rotatable bonds is 7. The molecule has 0 spiro atoms. The Morgan fingerprint density at radius 1 is 0.750 bits per heavy atom. The molecule has 2 heteroatoms. The van der Waals surface area contributed by atoms with Gasteiger partial charge in [0.1, 0.15) is 12.0 Å². The maximum Gasteiger partial charge on any atom is 0.126 e. The van der Waals surface area contributed by atoms with Gasteiger partial charge in [-0.3, -0.25) is 0 Å². The molecule has 0 amide bonds. The largest absolute Gasteiger partial charge is 0.463 e. The SMILES string of the molecule is CC/C(=C(\c1ccccc1)c1ccc(O/C=C/N(C)C)cc1)c1ccccc1. The van der Waals surface area contributed by atoms with Gasteiger partial charge in [0.15, 0.2) is 0 Å². The van der Waals surface area contributed by atoms with Crippen LogP contribution in [0.1, 0.15) is 30.0 Å². The minimum Gasteiger partial charge on any atom is -0.463 e. The van der Waals surface area contributed by atoms with Crippen molar-refractivity contribution < 1.29 is 4.74 Å². The molecule has 0 aliphatic rings. The zero-order chi connectivity index (χ0) is 19.8. The van der Waals surface area contributed by atoms with Crippen molar-refractivity contribution in [3.05, 3.63) is 114 Å². The van der Waals surface area contributed by atoms with Gasteiger partial charge < -0.3 is 9.64 Å². The monoisotopic (exact) mass is 369 g/mol. The van der Waals surface area contributed by atoms with Gasteiger partial charge in [0, 0.05) is 20.3 Å². The number of hydrogen-bond donors (Lipinski definition) is 0. The summed E-state index contributed by atoms with van der Waals surface area (Å²) in [6.45, 7) is 2.22. The van der Waals surface area contributed by atoms with E-state index in [0.29, 0.717) is 0 Å². The summed E-state index contributed by atoms with van der Waals surface area (Å²) in [6.07, 6.45) is 4.54. The molecule has 0 unspecified atom stereocenters. The molecule has 0 N–H and O–H groups in total. The van der Waals surface area contributed by atoms with Gasteiger partial charge in [-0.2, -0.15) is 0 Å². The third-order valence-electron chi connectivity index (χ3n) is 4.55. The van der Waals surface area contributed by atoms with Crippen LogP contribution in [-0.4, -0.2) is 19.0 Å². The van der Waals surface area contributed by atoms with Crippen LogP contribution in [0, 0.1) is 0 Å². The normalized spacial score (nSPS) is 12.0. The van der Waals surface area contributed by atoms with E-state index < -0.39 is 0 Å². The first-order valence-electron chi connectivity index (χ1n) is 9.63. The number of hydrogen-bond acceptors (Lipinski definition) is 2. The van der Waals surface area contributed by atoms with Gasteiger partial charge in [0.25, 0.3) is 0 Å². The molecule has 0 fully saturated rings. The highest BCUT2D eigenvalue weighted by atomic mass is 16.5. The Bertz CT molecular complexity index is 923. The molecular weight excluding hydrogens is 342 g/mol. The summed E-state index contributed by atoms with van der Waals surface area (Å²) in [5, 5.41) is 0. The van der Waals surface area contributed by atoms with Crippen LogP contribution in [0.15, 0.2) is 97.4 Å². The molecule has 3 aromatic rings. The number of benzene rings is 3. The first-order chi connectivity index (χ1) is 13.7. The number of ether oxygens (including phenoxy) is 1. The van der Waals surface area contributed by atoms with Crippen molar-refractivity contribution in [2.24, 2.45) is 0 Å². The van der Waals surface area contributed by atoms with E-state index in [9.17, 15) is 0 Å². The molecule has 0 heterocycles. The molecular formula is C26H27NO. The van der Waals surface area contributed by atoms with Gasteiger partial charge >= 0.3 is 0 Å². The molecule has 0 aliphatic carbocycles. The third kappa shape index (κ3) is 4.92. The lowest BCUT2D eigenvalue weighted by atomic mass is 9.88. The van der Waals surface area contributed by atoms with Gasteiger partial charge in [-0.05, 0) is 46.4 Å². The van der Waals surface area contributed by atoms with E-state index >= 15 is 0 Å². The molecule has 0 saturated carbocycles. The minimum absolute atomic E-state index is 0.826. The molecule has 0 aliphatic heterocycles. The highest BCUT2D eigenvalue weighted by Gasteiger charge is 2.12. The Hall–Kier alpha value is -3.26. The fourth-order valence-electron chi connectivity index (χ4n) is 3.22. The van der Waals surface area contributed by atoms with E-state index in [1.807, 2.05) is 37.3 Å². The summed E-state index contributed by atoms with van der Waals surface area (Å²) < 4.78 is 5.69. The van der Waals surface area contributed by atoms with Gasteiger partial charge in [-0.1, -0.05) is 79.7 Å². The molecule has 28 heavy (non-hydrogen) atoms. The van der Waals surface area contributed by atoms with Gasteiger partial charge in [0.05, 0.1) is 0 Å². The van der Waals surface area contributed by atoms with Crippen LogP contribution in [-0.2, 0) is 0 Å². The molecule has 3 aromatic carbocycles. The fourth-order valence-corrected chi connectivity index (χ4v) is 3.22. The minimum atomic E-state index is 0.826. The van der Waals surface area contributed by atoms with Crippen LogP contribution < -0.4 is 4.74 Å². The maximum atomic E-state index is 5.69. The van der Waals surface area contributed by atoms with Crippen LogP contribution in [0.3, 0.4) is 0 Å². The standard InChI is InChI=1S/C26H27NO/c1-4-25(21-11-7-5-8-12-21)26(22-13-9-6-10-14-22)23-15-17-24(18-16-23)28-20-19-27(2)3/h5-20H,4H2,1-3H3/b20-19+,26-25-. The van der Waals surface area contributed by atoms with E-state index in [1.165, 1.54) is 27.8 Å². The van der Waals surface area contributed by atoms with Crippen LogP contribution in [0.5, 0.6) is 5.75 Å². The Morgan fingerprint density at radius 3 is 1.82 bits per heavy atom. The lowest BCUT2D eigenvalue weighted by molar-refractivity contribution is 0.454. The Labute approximate surface area is 168 Å². The predicted octanol–water partition coefficient (Wildman–Crippen LogP) is 6.47. The van der Waals surface area contributed by atoms with Crippen molar-refractivity contribution >= 4 is 11.1 Å². The maximum absolute atomic E-state index is 5.69. The molecule has 0 atom stereocenters. The number of allylic oxidation sites excluding steroid dienone is 1. The van der Waals surface area contributed by atoms with Crippen LogP contribution in [0.2, 0.25) is 0 Å². The molecule has 0 saturated heterocycles. The highest BCUT2D eigenvalue weighted by molar-refractivity contribution is 5.98. The summed E-state index contributed by atoms with van der Waals surface area (Å²) in [5.41, 5.74) is 6.29. The summed E-state index contributed by atoms with van der Waals surface area (Å²) in [5.74, 6) is 0.826.